The Labute approximate surface area is 80.9 Å². The lowest BCUT2D eigenvalue weighted by Crippen LogP contribution is -2.29. The second kappa shape index (κ2) is 5.01. The molecule has 0 aliphatic carbocycles. The van der Waals surface area contributed by atoms with Crippen LogP contribution in [0.3, 0.4) is 0 Å². The molecule has 0 radical (unpaired) electrons. The van der Waals surface area contributed by atoms with Crippen molar-refractivity contribution in [3.05, 3.63) is 0 Å². The van der Waals surface area contributed by atoms with Crippen LogP contribution in [-0.2, 0) is 4.79 Å². The van der Waals surface area contributed by atoms with E-state index in [0.29, 0.717) is 6.42 Å². The third kappa shape index (κ3) is 3.18. The Hall–Kier alpha value is -0.840. The Morgan fingerprint density at radius 2 is 2.00 bits per heavy atom. The Balaban J connectivity index is 4.48. The SMILES string of the molecule is CCCC(C#N)C(=O)C(C)(C)CC. The van der Waals surface area contributed by atoms with Gasteiger partial charge in [-0.1, -0.05) is 34.1 Å². The Bertz CT molecular complexity index is 213. The van der Waals surface area contributed by atoms with Gasteiger partial charge in [-0.2, -0.15) is 5.26 Å². The van der Waals surface area contributed by atoms with Gasteiger partial charge >= 0.3 is 0 Å². The van der Waals surface area contributed by atoms with E-state index in [1.54, 1.807) is 0 Å². The van der Waals surface area contributed by atoms with Gasteiger partial charge in [-0.25, -0.2) is 0 Å². The summed E-state index contributed by atoms with van der Waals surface area (Å²) in [6.07, 6.45) is 2.39. The molecule has 0 bridgehead atoms. The summed E-state index contributed by atoms with van der Waals surface area (Å²) in [7, 11) is 0. The van der Waals surface area contributed by atoms with Gasteiger partial charge < -0.3 is 0 Å². The van der Waals surface area contributed by atoms with Gasteiger partial charge in [0.15, 0.2) is 5.78 Å². The lowest BCUT2D eigenvalue weighted by Gasteiger charge is -2.23. The summed E-state index contributed by atoms with van der Waals surface area (Å²) in [6, 6.07) is 2.09. The minimum atomic E-state index is -0.403. The summed E-state index contributed by atoms with van der Waals surface area (Å²) in [4.78, 5) is 11.8. The second-order valence-electron chi connectivity index (χ2n) is 4.07. The molecule has 0 aromatic carbocycles. The monoisotopic (exact) mass is 181 g/mol. The molecule has 0 amide bonds. The van der Waals surface area contributed by atoms with Crippen molar-refractivity contribution in [3.8, 4) is 6.07 Å². The van der Waals surface area contributed by atoms with Crippen LogP contribution in [0.25, 0.3) is 0 Å². The van der Waals surface area contributed by atoms with Crippen molar-refractivity contribution in [1.29, 1.82) is 5.26 Å². The zero-order valence-electron chi connectivity index (χ0n) is 9.05. The highest BCUT2D eigenvalue weighted by molar-refractivity contribution is 5.88. The maximum Gasteiger partial charge on any atom is 0.155 e. The van der Waals surface area contributed by atoms with Gasteiger partial charge in [0.25, 0.3) is 0 Å². The van der Waals surface area contributed by atoms with E-state index >= 15 is 0 Å². The van der Waals surface area contributed by atoms with Gasteiger partial charge in [-0.05, 0) is 12.8 Å². The van der Waals surface area contributed by atoms with Crippen molar-refractivity contribution in [2.45, 2.75) is 47.0 Å². The van der Waals surface area contributed by atoms with E-state index in [2.05, 4.69) is 6.07 Å². The fourth-order valence-electron chi connectivity index (χ4n) is 1.19. The minimum absolute atomic E-state index is 0.0966. The molecular weight excluding hydrogens is 162 g/mol. The maximum atomic E-state index is 11.8. The van der Waals surface area contributed by atoms with Crippen molar-refractivity contribution in [2.75, 3.05) is 0 Å². The average molecular weight is 181 g/mol. The predicted octanol–water partition coefficient (Wildman–Crippen LogP) is 2.93. The van der Waals surface area contributed by atoms with Crippen LogP contribution < -0.4 is 0 Å². The highest BCUT2D eigenvalue weighted by Gasteiger charge is 2.31. The number of carbonyl (C=O) groups is 1. The van der Waals surface area contributed by atoms with E-state index in [1.165, 1.54) is 0 Å². The van der Waals surface area contributed by atoms with Crippen LogP contribution in [0.2, 0.25) is 0 Å². The first-order valence-corrected chi connectivity index (χ1v) is 4.93. The summed E-state index contributed by atoms with van der Waals surface area (Å²) in [5.41, 5.74) is -0.338. The smallest absolute Gasteiger partial charge is 0.155 e. The fourth-order valence-corrected chi connectivity index (χ4v) is 1.19. The number of nitrogens with zero attached hydrogens (tertiary/aromatic N) is 1. The Morgan fingerprint density at radius 3 is 2.31 bits per heavy atom. The van der Waals surface area contributed by atoms with Crippen LogP contribution in [0.5, 0.6) is 0 Å². The molecule has 1 unspecified atom stereocenters. The van der Waals surface area contributed by atoms with Crippen molar-refractivity contribution in [2.24, 2.45) is 11.3 Å². The first kappa shape index (κ1) is 12.2. The van der Waals surface area contributed by atoms with Crippen molar-refractivity contribution in [1.82, 2.24) is 0 Å². The largest absolute Gasteiger partial charge is 0.298 e. The number of hydrogen-bond acceptors (Lipinski definition) is 2. The second-order valence-corrected chi connectivity index (χ2v) is 4.07. The van der Waals surface area contributed by atoms with Crippen molar-refractivity contribution < 1.29 is 4.79 Å². The molecule has 0 spiro atoms. The number of Topliss-reactive ketones (excluding diaryl/α,β-unsaturated/α-hetero) is 1. The molecule has 1 atom stereocenters. The topological polar surface area (TPSA) is 40.9 Å². The molecule has 0 saturated carbocycles. The van der Waals surface area contributed by atoms with Gasteiger partial charge in [-0.15, -0.1) is 0 Å². The normalized spacial score (nSPS) is 13.5. The minimum Gasteiger partial charge on any atom is -0.298 e. The third-order valence-electron chi connectivity index (χ3n) is 2.60. The van der Waals surface area contributed by atoms with Crippen LogP contribution in [0.1, 0.15) is 47.0 Å². The maximum absolute atomic E-state index is 11.8. The molecule has 13 heavy (non-hydrogen) atoms. The molecule has 0 heterocycles. The van der Waals surface area contributed by atoms with Gasteiger partial charge in [0.05, 0.1) is 6.07 Å². The lowest BCUT2D eigenvalue weighted by atomic mass is 9.78. The van der Waals surface area contributed by atoms with E-state index in [-0.39, 0.29) is 11.2 Å². The lowest BCUT2D eigenvalue weighted by molar-refractivity contribution is -0.129. The molecule has 2 heteroatoms. The van der Waals surface area contributed by atoms with Crippen LogP contribution in [0.4, 0.5) is 0 Å². The van der Waals surface area contributed by atoms with Gasteiger partial charge in [0.2, 0.25) is 0 Å². The summed E-state index contributed by atoms with van der Waals surface area (Å²) < 4.78 is 0. The van der Waals surface area contributed by atoms with E-state index in [4.69, 9.17) is 5.26 Å². The average Bonchev–Trinajstić information content (AvgIpc) is 2.13. The molecule has 2 nitrogen and oxygen atoms in total. The first-order chi connectivity index (χ1) is 5.99. The Kier molecular flexibility index (Phi) is 4.69. The first-order valence-electron chi connectivity index (χ1n) is 4.93. The van der Waals surface area contributed by atoms with Crippen molar-refractivity contribution in [3.63, 3.8) is 0 Å². The molecule has 0 rings (SSSR count). The summed E-state index contributed by atoms with van der Waals surface area (Å²) in [6.45, 7) is 7.81. The van der Waals surface area contributed by atoms with Crippen LogP contribution in [0.15, 0.2) is 0 Å². The molecule has 0 N–H and O–H groups in total. The summed E-state index contributed by atoms with van der Waals surface area (Å²) in [5.74, 6) is -0.306. The molecule has 0 aliphatic heterocycles. The number of rotatable bonds is 5. The zero-order valence-corrected chi connectivity index (χ0v) is 9.05. The molecule has 74 valence electrons. The standard InChI is InChI=1S/C11H19NO/c1-5-7-9(8-12)10(13)11(3,4)6-2/h9H,5-7H2,1-4H3. The fraction of sp³-hybridized carbons (Fsp3) is 0.818. The van der Waals surface area contributed by atoms with Gasteiger partial charge in [-0.3, -0.25) is 4.79 Å². The quantitative estimate of drug-likeness (QED) is 0.654. The van der Waals surface area contributed by atoms with E-state index in [9.17, 15) is 4.79 Å². The van der Waals surface area contributed by atoms with Crippen LogP contribution in [-0.4, -0.2) is 5.78 Å². The van der Waals surface area contributed by atoms with Gasteiger partial charge in [0, 0.05) is 5.41 Å². The highest BCUT2D eigenvalue weighted by atomic mass is 16.1. The number of nitriles is 1. The molecule has 0 saturated heterocycles. The van der Waals surface area contributed by atoms with E-state index in [1.807, 2.05) is 27.7 Å². The molecule has 0 aromatic heterocycles. The zero-order chi connectivity index (χ0) is 10.5. The van der Waals surface area contributed by atoms with E-state index in [0.717, 1.165) is 12.8 Å². The summed E-state index contributed by atoms with van der Waals surface area (Å²) >= 11 is 0. The summed E-state index contributed by atoms with van der Waals surface area (Å²) in [5, 5.41) is 8.82. The van der Waals surface area contributed by atoms with Crippen molar-refractivity contribution >= 4 is 5.78 Å². The molecule has 0 aromatic rings. The number of ketones is 1. The highest BCUT2D eigenvalue weighted by Crippen LogP contribution is 2.26. The van der Waals surface area contributed by atoms with E-state index < -0.39 is 5.92 Å². The number of hydrogen-bond donors (Lipinski definition) is 0. The molecule has 0 fully saturated rings. The third-order valence-corrected chi connectivity index (χ3v) is 2.60. The molecular formula is C11H19NO. The van der Waals surface area contributed by atoms with Crippen LogP contribution >= 0.6 is 0 Å². The number of carbonyl (C=O) groups excluding carboxylic acids is 1. The predicted molar refractivity (Wildman–Crippen MR) is 53.1 cm³/mol. The van der Waals surface area contributed by atoms with Gasteiger partial charge in [0.1, 0.15) is 5.92 Å². The Morgan fingerprint density at radius 1 is 1.46 bits per heavy atom. The molecule has 0 aliphatic rings. The van der Waals surface area contributed by atoms with Crippen LogP contribution in [0, 0.1) is 22.7 Å².